The molecule has 17 heteroatoms. The number of ether oxygens (including phenoxy) is 5. The van der Waals surface area contributed by atoms with E-state index in [1.807, 2.05) is 31.2 Å². The number of rotatable bonds is 18. The molecule has 7 rings (SSSR count). The van der Waals surface area contributed by atoms with Crippen molar-refractivity contribution in [2.75, 3.05) is 60.1 Å². The number of pyridine rings is 1. The van der Waals surface area contributed by atoms with Crippen LogP contribution in [0.25, 0.3) is 26.9 Å². The third-order valence-corrected chi connectivity index (χ3v) is 11.9. The van der Waals surface area contributed by atoms with Crippen LogP contribution < -0.4 is 18.9 Å². The highest BCUT2D eigenvalue weighted by Crippen LogP contribution is 2.48. The highest BCUT2D eigenvalue weighted by molar-refractivity contribution is 7.13. The summed E-state index contributed by atoms with van der Waals surface area (Å²) in [6.07, 6.45) is -0.466. The number of carboxylic acid groups (broad SMARTS) is 1. The van der Waals surface area contributed by atoms with E-state index in [4.69, 9.17) is 40.3 Å². The van der Waals surface area contributed by atoms with Crippen molar-refractivity contribution in [2.24, 2.45) is 5.92 Å². The lowest BCUT2D eigenvalue weighted by atomic mass is 9.83. The molecule has 1 aliphatic carbocycles. The number of likely N-dealkylation sites (N-methyl/N-ethyl adjacent to an activating group) is 1. The first-order valence-electron chi connectivity index (χ1n) is 19.9. The van der Waals surface area contributed by atoms with Gasteiger partial charge in [-0.15, -0.1) is 0 Å². The fourth-order valence-electron chi connectivity index (χ4n) is 7.35. The van der Waals surface area contributed by atoms with Crippen LogP contribution in [0.3, 0.4) is 0 Å². The largest absolute Gasteiger partial charge is 0.497 e. The summed E-state index contributed by atoms with van der Waals surface area (Å²) >= 11 is 8.38. The second-order valence-corrected chi connectivity index (χ2v) is 16.1. The van der Waals surface area contributed by atoms with Crippen LogP contribution in [0.1, 0.15) is 37.1 Å². The van der Waals surface area contributed by atoms with Gasteiger partial charge in [-0.05, 0) is 72.9 Å². The molecule has 1 aliphatic heterocycles. The van der Waals surface area contributed by atoms with E-state index in [9.17, 15) is 18.7 Å². The van der Waals surface area contributed by atoms with E-state index < -0.39 is 25.1 Å². The molecule has 1 saturated heterocycles. The fourth-order valence-corrected chi connectivity index (χ4v) is 8.41. The highest BCUT2D eigenvalue weighted by atomic mass is 35.5. The van der Waals surface area contributed by atoms with Gasteiger partial charge in [0, 0.05) is 68.6 Å². The Morgan fingerprint density at radius 3 is 2.62 bits per heavy atom. The average Bonchev–Trinajstić information content (AvgIpc) is 3.68. The lowest BCUT2D eigenvalue weighted by Crippen LogP contribution is -2.45. The predicted molar refractivity (Wildman–Crippen MR) is 229 cm³/mol. The zero-order valence-electron chi connectivity index (χ0n) is 34.3. The summed E-state index contributed by atoms with van der Waals surface area (Å²) < 4.78 is 60.1. The summed E-state index contributed by atoms with van der Waals surface area (Å²) in [5, 5.41) is 11.7. The number of fused-ring (bicyclic) bond motifs is 1. The minimum absolute atomic E-state index is 0.0593. The van der Waals surface area contributed by atoms with E-state index >= 15 is 0 Å². The molecule has 1 unspecified atom stereocenters. The van der Waals surface area contributed by atoms with Crippen LogP contribution in [0.2, 0.25) is 0 Å². The molecule has 2 atom stereocenters. The number of piperazine rings is 1. The van der Waals surface area contributed by atoms with Crippen LogP contribution in [0.5, 0.6) is 23.4 Å². The van der Waals surface area contributed by atoms with Gasteiger partial charge in [0.05, 0.1) is 33.6 Å². The summed E-state index contributed by atoms with van der Waals surface area (Å²) in [7, 11) is 3.74. The second-order valence-electron chi connectivity index (χ2n) is 14.9. The molecule has 0 amide bonds. The zero-order chi connectivity index (χ0) is 43.0. The molecule has 13 nitrogen and oxygen atoms in total. The Morgan fingerprint density at radius 1 is 1.05 bits per heavy atom. The molecule has 1 N–H and O–H groups in total. The Hall–Kier alpha value is -5.42. The molecule has 0 spiro atoms. The smallest absolute Gasteiger partial charge is 0.345 e. The number of aliphatic carboxylic acids is 1. The topological polar surface area (TPSA) is 141 Å². The third kappa shape index (κ3) is 10.6. The number of alkyl halides is 2. The number of methoxy groups -OCH3 is 1. The maximum Gasteiger partial charge on any atom is 0.345 e. The number of benzene rings is 2. The van der Waals surface area contributed by atoms with Gasteiger partial charge in [0.2, 0.25) is 12.0 Å². The van der Waals surface area contributed by atoms with Gasteiger partial charge < -0.3 is 33.7 Å². The van der Waals surface area contributed by atoms with Crippen LogP contribution in [-0.2, 0) is 22.6 Å². The number of carboxylic acids is 1. The normalized spacial score (nSPS) is 16.9. The number of hydrogen-bond acceptors (Lipinski definition) is 13. The van der Waals surface area contributed by atoms with E-state index in [2.05, 4.69) is 38.1 Å². The zero-order valence-corrected chi connectivity index (χ0v) is 35.8. The number of para-hydroxylation sites is 1. The van der Waals surface area contributed by atoms with Crippen LogP contribution in [0.4, 0.5) is 8.78 Å². The number of carbonyl (C=O) groups is 1. The lowest BCUT2D eigenvalue weighted by molar-refractivity contribution is -0.145. The van der Waals surface area contributed by atoms with Crippen molar-refractivity contribution in [1.82, 2.24) is 29.1 Å². The number of nitrogens with zero attached hydrogens (tertiary/aromatic N) is 6. The molecule has 0 saturated carbocycles. The van der Waals surface area contributed by atoms with Crippen molar-refractivity contribution in [2.45, 2.75) is 45.8 Å². The first-order valence-corrected chi connectivity index (χ1v) is 21.0. The number of hydrogen-bond donors (Lipinski definition) is 1. The molecule has 5 aromatic rings. The SMILES string of the molecule is COc1cccc(-c2ncc3snc(O[C@H](Cc4ccccc4OCc4ccnc(OCC(F)F)n4)C(=O)O)c3c2C2=C(C)C(Cl)=C(OCCN3CCN(C)CC3)C(C)C2)c1. The van der Waals surface area contributed by atoms with Crippen LogP contribution >= 0.6 is 23.1 Å². The van der Waals surface area contributed by atoms with E-state index in [0.29, 0.717) is 56.6 Å². The van der Waals surface area contributed by atoms with Crippen LogP contribution in [0, 0.1) is 5.92 Å². The van der Waals surface area contributed by atoms with E-state index in [1.54, 1.807) is 43.6 Å². The van der Waals surface area contributed by atoms with Crippen LogP contribution in [-0.4, -0.2) is 113 Å². The van der Waals surface area contributed by atoms with Crippen molar-refractivity contribution in [3.8, 4) is 34.6 Å². The monoisotopic (exact) mass is 876 g/mol. The Kier molecular flexibility index (Phi) is 14.3. The van der Waals surface area contributed by atoms with Gasteiger partial charge in [-0.25, -0.2) is 18.6 Å². The van der Waals surface area contributed by atoms with Crippen molar-refractivity contribution in [3.63, 3.8) is 0 Å². The molecule has 1 fully saturated rings. The van der Waals surface area contributed by atoms with Crippen molar-refractivity contribution < 1.29 is 42.4 Å². The van der Waals surface area contributed by atoms with Gasteiger partial charge in [-0.3, -0.25) is 9.88 Å². The average molecular weight is 877 g/mol. The van der Waals surface area contributed by atoms with Gasteiger partial charge in [0.1, 0.15) is 30.5 Å². The Balaban J connectivity index is 1.20. The minimum Gasteiger partial charge on any atom is -0.497 e. The summed E-state index contributed by atoms with van der Waals surface area (Å²) in [6.45, 7) is 8.52. The molecular weight excluding hydrogens is 830 g/mol. The van der Waals surface area contributed by atoms with E-state index in [0.717, 1.165) is 72.3 Å². The number of allylic oxidation sites excluding steroid dienone is 4. The van der Waals surface area contributed by atoms with Crippen molar-refractivity contribution >= 4 is 44.8 Å². The van der Waals surface area contributed by atoms with Gasteiger partial charge in [0.15, 0.2) is 6.61 Å². The molecule has 4 heterocycles. The number of aromatic nitrogens is 4. The molecular formula is C44H47ClF2N6O7S. The Bertz CT molecular complexity index is 2410. The van der Waals surface area contributed by atoms with Gasteiger partial charge >= 0.3 is 12.0 Å². The summed E-state index contributed by atoms with van der Waals surface area (Å²) in [5.74, 6) is 0.639. The van der Waals surface area contributed by atoms with Crippen LogP contribution in [0.15, 0.2) is 83.4 Å². The highest BCUT2D eigenvalue weighted by Gasteiger charge is 2.32. The molecule has 0 bridgehead atoms. The molecule has 322 valence electrons. The summed E-state index contributed by atoms with van der Waals surface area (Å²) in [5.41, 5.74) is 4.83. The van der Waals surface area contributed by atoms with E-state index in [-0.39, 0.29) is 30.8 Å². The second kappa shape index (κ2) is 20.0. The minimum atomic E-state index is -2.68. The molecule has 0 radical (unpaired) electrons. The summed E-state index contributed by atoms with van der Waals surface area (Å²) in [6, 6.07) is 15.9. The maximum absolute atomic E-state index is 13.0. The molecule has 3 aromatic heterocycles. The van der Waals surface area contributed by atoms with Gasteiger partial charge in [0.25, 0.3) is 6.43 Å². The van der Waals surface area contributed by atoms with E-state index in [1.165, 1.54) is 6.20 Å². The standard InChI is InChI=1S/C44H47ClF2N6O7S/c1-26-20-32(27(2)39(45)41(26)57-19-18-53-16-14-52(3)15-17-53)37-38-35(23-49-40(37)29-9-7-10-31(21-29)56-4)61-51-42(38)60-34(43(54)55)22-28-8-5-6-11-33(28)58-24-30-12-13-48-44(50-30)59-25-36(46)47/h5-13,21,23,26,34,36H,14-20,22,24-25H2,1-4H3,(H,54,55)/t26?,34-/m1/s1. The van der Waals surface area contributed by atoms with Crippen molar-refractivity contribution in [3.05, 3.63) is 100 Å². The molecule has 2 aromatic carbocycles. The molecule has 61 heavy (non-hydrogen) atoms. The van der Waals surface area contributed by atoms with Crippen molar-refractivity contribution in [1.29, 1.82) is 0 Å². The molecule has 2 aliphatic rings. The predicted octanol–water partition coefficient (Wildman–Crippen LogP) is 7.98. The number of halogens is 3. The third-order valence-electron chi connectivity index (χ3n) is 10.7. The quantitative estimate of drug-likeness (QED) is 0.0911. The van der Waals surface area contributed by atoms with Gasteiger partial charge in [-0.2, -0.15) is 9.36 Å². The summed E-state index contributed by atoms with van der Waals surface area (Å²) in [4.78, 5) is 30.7. The maximum atomic E-state index is 13.0. The first kappa shape index (κ1) is 43.7. The first-order chi connectivity index (χ1) is 29.5. The lowest BCUT2D eigenvalue weighted by Gasteiger charge is -2.33. The Morgan fingerprint density at radius 2 is 1.85 bits per heavy atom. The Labute approximate surface area is 361 Å². The van der Waals surface area contributed by atoms with Gasteiger partial charge in [-0.1, -0.05) is 48.9 Å². The fraction of sp³-hybridized carbons (Fsp3) is 0.386.